The van der Waals surface area contributed by atoms with Crippen molar-refractivity contribution in [2.45, 2.75) is 30.7 Å². The molecule has 0 aromatic heterocycles. The van der Waals surface area contributed by atoms with Crippen molar-refractivity contribution in [2.24, 2.45) is 5.92 Å². The van der Waals surface area contributed by atoms with Crippen LogP contribution in [0.1, 0.15) is 41.7 Å². The van der Waals surface area contributed by atoms with E-state index >= 15 is 0 Å². The molecule has 1 amide bonds. The van der Waals surface area contributed by atoms with E-state index in [1.807, 2.05) is 18.2 Å². The van der Waals surface area contributed by atoms with Gasteiger partial charge in [-0.25, -0.2) is 8.42 Å². The van der Waals surface area contributed by atoms with Crippen molar-refractivity contribution in [1.29, 1.82) is 0 Å². The zero-order valence-electron chi connectivity index (χ0n) is 16.5. The minimum atomic E-state index is -3.34. The molecular weight excluding hydrogens is 372 g/mol. The number of rotatable bonds is 6. The molecule has 0 spiro atoms. The fourth-order valence-corrected chi connectivity index (χ4v) is 4.30. The second-order valence-electron chi connectivity index (χ2n) is 7.65. The van der Waals surface area contributed by atoms with Crippen molar-refractivity contribution in [2.75, 3.05) is 25.9 Å². The Kier molecular flexibility index (Phi) is 6.52. The van der Waals surface area contributed by atoms with Gasteiger partial charge in [0.05, 0.1) is 10.9 Å². The molecule has 0 radical (unpaired) electrons. The van der Waals surface area contributed by atoms with Gasteiger partial charge in [-0.2, -0.15) is 0 Å². The van der Waals surface area contributed by atoms with Gasteiger partial charge in [-0.15, -0.1) is 0 Å². The highest BCUT2D eigenvalue weighted by Crippen LogP contribution is 2.26. The van der Waals surface area contributed by atoms with Gasteiger partial charge in [0.25, 0.3) is 5.91 Å². The van der Waals surface area contributed by atoms with Gasteiger partial charge in [0.1, 0.15) is 0 Å². The predicted molar refractivity (Wildman–Crippen MR) is 111 cm³/mol. The summed E-state index contributed by atoms with van der Waals surface area (Å²) in [6.07, 6.45) is 3.47. The molecule has 2 aromatic carbocycles. The lowest BCUT2D eigenvalue weighted by molar-refractivity contribution is 0.0913. The Balaban J connectivity index is 1.74. The second kappa shape index (κ2) is 8.88. The van der Waals surface area contributed by atoms with E-state index in [4.69, 9.17) is 0 Å². The summed E-state index contributed by atoms with van der Waals surface area (Å²) in [5, 5.41) is 3.01. The number of piperidine rings is 1. The average molecular weight is 401 g/mol. The van der Waals surface area contributed by atoms with Crippen LogP contribution in [0, 0.1) is 5.92 Å². The number of carbonyl (C=O) groups excluding carboxylic acids is 1. The molecule has 1 aliphatic heterocycles. The van der Waals surface area contributed by atoms with Crippen molar-refractivity contribution in [1.82, 2.24) is 10.2 Å². The molecular formula is C22H28N2O3S. The molecule has 1 atom stereocenters. The van der Waals surface area contributed by atoms with Gasteiger partial charge in [0, 0.05) is 18.4 Å². The molecule has 2 aromatic rings. The zero-order valence-corrected chi connectivity index (χ0v) is 17.3. The van der Waals surface area contributed by atoms with Crippen LogP contribution < -0.4 is 5.32 Å². The molecule has 0 saturated carbocycles. The largest absolute Gasteiger partial charge is 0.350 e. The van der Waals surface area contributed by atoms with Crippen LogP contribution in [-0.4, -0.2) is 45.1 Å². The van der Waals surface area contributed by atoms with Crippen LogP contribution in [-0.2, 0) is 9.84 Å². The summed E-state index contributed by atoms with van der Waals surface area (Å²) in [5.74, 6) is 0.484. The Labute approximate surface area is 167 Å². The minimum Gasteiger partial charge on any atom is -0.350 e. The van der Waals surface area contributed by atoms with E-state index < -0.39 is 9.84 Å². The van der Waals surface area contributed by atoms with E-state index in [2.05, 4.69) is 29.3 Å². The molecule has 1 heterocycles. The maximum atomic E-state index is 12.7. The third kappa shape index (κ3) is 5.20. The Bertz CT molecular complexity index is 904. The lowest BCUT2D eigenvalue weighted by atomic mass is 9.95. The molecule has 0 bridgehead atoms. The summed E-state index contributed by atoms with van der Waals surface area (Å²) in [5.41, 5.74) is 1.55. The number of nitrogens with zero attached hydrogens (tertiary/aromatic N) is 1. The standard InChI is InChI=1S/C22H28N2O3S/c1-17-11-13-24(14-12-17)21(18-7-4-3-5-8-18)16-23-22(25)19-9-6-10-20(15-19)28(2,26)27/h3-10,15,17,21H,11-14,16H2,1-2H3,(H,23,25). The molecule has 1 saturated heterocycles. The number of amides is 1. The lowest BCUT2D eigenvalue weighted by Gasteiger charge is -2.37. The highest BCUT2D eigenvalue weighted by molar-refractivity contribution is 7.90. The molecule has 5 nitrogen and oxygen atoms in total. The molecule has 0 aliphatic carbocycles. The molecule has 1 fully saturated rings. The quantitative estimate of drug-likeness (QED) is 0.808. The normalized spacial score (nSPS) is 17.2. The zero-order chi connectivity index (χ0) is 20.1. The van der Waals surface area contributed by atoms with Crippen LogP contribution in [0.3, 0.4) is 0 Å². The van der Waals surface area contributed by atoms with E-state index in [1.165, 1.54) is 17.7 Å². The van der Waals surface area contributed by atoms with E-state index in [0.29, 0.717) is 12.1 Å². The lowest BCUT2D eigenvalue weighted by Crippen LogP contribution is -2.42. The van der Waals surface area contributed by atoms with Crippen LogP contribution >= 0.6 is 0 Å². The number of benzene rings is 2. The van der Waals surface area contributed by atoms with Crippen molar-refractivity contribution in [3.63, 3.8) is 0 Å². The first-order chi connectivity index (χ1) is 13.3. The van der Waals surface area contributed by atoms with Crippen molar-refractivity contribution < 1.29 is 13.2 Å². The van der Waals surface area contributed by atoms with Gasteiger partial charge in [-0.3, -0.25) is 9.69 Å². The molecule has 3 rings (SSSR count). The summed E-state index contributed by atoms with van der Waals surface area (Å²) in [6.45, 7) is 4.80. The summed E-state index contributed by atoms with van der Waals surface area (Å²) in [6, 6.07) is 16.5. The van der Waals surface area contributed by atoms with E-state index in [9.17, 15) is 13.2 Å². The summed E-state index contributed by atoms with van der Waals surface area (Å²) < 4.78 is 23.5. The highest BCUT2D eigenvalue weighted by atomic mass is 32.2. The van der Waals surface area contributed by atoms with Gasteiger partial charge in [-0.05, 0) is 55.6 Å². The predicted octanol–water partition coefficient (Wildman–Crippen LogP) is 3.29. The molecule has 150 valence electrons. The first-order valence-electron chi connectivity index (χ1n) is 9.72. The van der Waals surface area contributed by atoms with Crippen LogP contribution in [0.15, 0.2) is 59.5 Å². The fourth-order valence-electron chi connectivity index (χ4n) is 3.63. The monoisotopic (exact) mass is 400 g/mol. The summed E-state index contributed by atoms with van der Waals surface area (Å²) in [7, 11) is -3.34. The summed E-state index contributed by atoms with van der Waals surface area (Å²) in [4.78, 5) is 15.3. The number of hydrogen-bond acceptors (Lipinski definition) is 4. The third-order valence-electron chi connectivity index (χ3n) is 5.42. The maximum Gasteiger partial charge on any atom is 0.251 e. The van der Waals surface area contributed by atoms with Gasteiger partial charge in [0.15, 0.2) is 9.84 Å². The Morgan fingerprint density at radius 3 is 2.43 bits per heavy atom. The molecule has 1 unspecified atom stereocenters. The topological polar surface area (TPSA) is 66.5 Å². The van der Waals surface area contributed by atoms with Crippen molar-refractivity contribution in [3.05, 3.63) is 65.7 Å². The number of hydrogen-bond donors (Lipinski definition) is 1. The van der Waals surface area contributed by atoms with Gasteiger partial charge < -0.3 is 5.32 Å². The Morgan fingerprint density at radius 2 is 1.79 bits per heavy atom. The first-order valence-corrected chi connectivity index (χ1v) is 11.6. The van der Waals surface area contributed by atoms with Gasteiger partial charge >= 0.3 is 0 Å². The van der Waals surface area contributed by atoms with Gasteiger partial charge in [-0.1, -0.05) is 43.3 Å². The average Bonchev–Trinajstić information content (AvgIpc) is 2.69. The number of carbonyl (C=O) groups is 1. The van der Waals surface area contributed by atoms with Crippen molar-refractivity contribution >= 4 is 15.7 Å². The number of nitrogens with one attached hydrogen (secondary N) is 1. The van der Waals surface area contributed by atoms with Gasteiger partial charge in [0.2, 0.25) is 0 Å². The van der Waals surface area contributed by atoms with Crippen LogP contribution in [0.2, 0.25) is 0 Å². The Hall–Kier alpha value is -2.18. The minimum absolute atomic E-state index is 0.107. The van der Waals surface area contributed by atoms with Crippen LogP contribution in [0.25, 0.3) is 0 Å². The molecule has 1 N–H and O–H groups in total. The third-order valence-corrected chi connectivity index (χ3v) is 6.53. The smallest absolute Gasteiger partial charge is 0.251 e. The van der Waals surface area contributed by atoms with E-state index in [-0.39, 0.29) is 16.8 Å². The van der Waals surface area contributed by atoms with E-state index in [0.717, 1.165) is 38.1 Å². The number of likely N-dealkylation sites (tertiary alicyclic amines) is 1. The summed E-state index contributed by atoms with van der Waals surface area (Å²) >= 11 is 0. The van der Waals surface area contributed by atoms with E-state index in [1.54, 1.807) is 12.1 Å². The van der Waals surface area contributed by atoms with Crippen LogP contribution in [0.5, 0.6) is 0 Å². The first kappa shape index (κ1) is 20.6. The second-order valence-corrected chi connectivity index (χ2v) is 9.67. The highest BCUT2D eigenvalue weighted by Gasteiger charge is 2.25. The maximum absolute atomic E-state index is 12.7. The van der Waals surface area contributed by atoms with Crippen LogP contribution in [0.4, 0.5) is 0 Å². The fraction of sp³-hybridized carbons (Fsp3) is 0.409. The molecule has 6 heteroatoms. The number of sulfone groups is 1. The molecule has 1 aliphatic rings. The SMILES string of the molecule is CC1CCN(C(CNC(=O)c2cccc(S(C)(=O)=O)c2)c2ccccc2)CC1. The Morgan fingerprint density at radius 1 is 1.11 bits per heavy atom. The molecule has 28 heavy (non-hydrogen) atoms. The van der Waals surface area contributed by atoms with Crippen molar-refractivity contribution in [3.8, 4) is 0 Å².